The molecule has 7 nitrogen and oxygen atoms in total. The molecule has 0 radical (unpaired) electrons. The van der Waals surface area contributed by atoms with Crippen LogP contribution < -0.4 is 20.7 Å². The third-order valence-corrected chi connectivity index (χ3v) is 3.09. The Morgan fingerprint density at radius 1 is 1.26 bits per heavy atom. The van der Waals surface area contributed by atoms with Gasteiger partial charge in [0, 0.05) is 19.8 Å². The molecule has 0 atom stereocenters. The number of pyridine rings is 1. The van der Waals surface area contributed by atoms with E-state index in [1.165, 1.54) is 13.2 Å². The number of nitrogens with zero attached hydrogens (tertiary/aromatic N) is 3. The number of fused-ring (bicyclic) bond motifs is 1. The molecular weight excluding hydrogens is 313 g/mol. The molecule has 0 fully saturated rings. The standard InChI is InChI=1S/C13H13F3N6O/c1-17-10-8(13(14,15)16)6-20-12(22-10)21-7-4-9-11(19-5-7)23-3-2-18-9/h4-6,18H,2-3H2,1H3,(H2,17,20,21,22). The maximum atomic E-state index is 12.8. The maximum absolute atomic E-state index is 12.8. The van der Waals surface area contributed by atoms with E-state index >= 15 is 0 Å². The molecule has 0 amide bonds. The quantitative estimate of drug-likeness (QED) is 0.799. The van der Waals surface area contributed by atoms with Crippen LogP contribution in [0.1, 0.15) is 5.56 Å². The predicted molar refractivity (Wildman–Crippen MR) is 78.1 cm³/mol. The van der Waals surface area contributed by atoms with E-state index in [0.717, 1.165) is 6.20 Å². The van der Waals surface area contributed by atoms with Crippen LogP contribution in [0.4, 0.5) is 36.3 Å². The van der Waals surface area contributed by atoms with Gasteiger partial charge in [0.15, 0.2) is 0 Å². The summed E-state index contributed by atoms with van der Waals surface area (Å²) in [7, 11) is 1.36. The molecule has 2 aromatic heterocycles. The van der Waals surface area contributed by atoms with Crippen LogP contribution in [0.25, 0.3) is 0 Å². The van der Waals surface area contributed by atoms with Crippen LogP contribution in [0.15, 0.2) is 18.5 Å². The van der Waals surface area contributed by atoms with E-state index in [0.29, 0.717) is 30.4 Å². The number of nitrogens with one attached hydrogen (secondary N) is 3. The second kappa shape index (κ2) is 5.78. The lowest BCUT2D eigenvalue weighted by Crippen LogP contribution is -2.19. The largest absolute Gasteiger partial charge is 0.474 e. The molecule has 122 valence electrons. The molecule has 1 aliphatic rings. The van der Waals surface area contributed by atoms with Crippen LogP contribution in [0.5, 0.6) is 5.88 Å². The fourth-order valence-corrected chi connectivity index (χ4v) is 2.06. The molecule has 3 rings (SSSR count). The zero-order chi connectivity index (χ0) is 16.4. The van der Waals surface area contributed by atoms with Crippen molar-refractivity contribution in [3.05, 3.63) is 24.0 Å². The monoisotopic (exact) mass is 326 g/mol. The number of hydrogen-bond donors (Lipinski definition) is 3. The van der Waals surface area contributed by atoms with Gasteiger partial charge in [-0.3, -0.25) is 0 Å². The molecule has 1 aliphatic heterocycles. The molecule has 0 saturated heterocycles. The number of alkyl halides is 3. The van der Waals surface area contributed by atoms with Crippen LogP contribution in [0, 0.1) is 0 Å². The second-order valence-corrected chi connectivity index (χ2v) is 4.68. The minimum atomic E-state index is -4.52. The number of ether oxygens (including phenoxy) is 1. The van der Waals surface area contributed by atoms with Crippen molar-refractivity contribution < 1.29 is 17.9 Å². The summed E-state index contributed by atoms with van der Waals surface area (Å²) in [5, 5.41) is 8.35. The van der Waals surface area contributed by atoms with Crippen molar-refractivity contribution in [1.82, 2.24) is 15.0 Å². The van der Waals surface area contributed by atoms with E-state index in [2.05, 4.69) is 30.9 Å². The van der Waals surface area contributed by atoms with E-state index in [4.69, 9.17) is 4.74 Å². The van der Waals surface area contributed by atoms with Crippen molar-refractivity contribution in [3.8, 4) is 5.88 Å². The van der Waals surface area contributed by atoms with Crippen molar-refractivity contribution in [2.24, 2.45) is 0 Å². The normalized spacial score (nSPS) is 13.6. The van der Waals surface area contributed by atoms with Crippen molar-refractivity contribution in [2.45, 2.75) is 6.18 Å². The molecule has 0 bridgehead atoms. The molecule has 0 unspecified atom stereocenters. The fraction of sp³-hybridized carbons (Fsp3) is 0.308. The molecule has 0 aliphatic carbocycles. The first-order chi connectivity index (χ1) is 11.0. The van der Waals surface area contributed by atoms with Gasteiger partial charge in [-0.1, -0.05) is 0 Å². The Morgan fingerprint density at radius 3 is 2.83 bits per heavy atom. The third kappa shape index (κ3) is 3.20. The SMILES string of the molecule is CNc1nc(Nc2cnc3c(c2)NCCO3)ncc1C(F)(F)F. The lowest BCUT2D eigenvalue weighted by Gasteiger charge is -2.18. The highest BCUT2D eigenvalue weighted by Crippen LogP contribution is 2.34. The van der Waals surface area contributed by atoms with Crippen molar-refractivity contribution in [3.63, 3.8) is 0 Å². The topological polar surface area (TPSA) is 84.0 Å². The maximum Gasteiger partial charge on any atom is 0.421 e. The number of halogens is 3. The van der Waals surface area contributed by atoms with Gasteiger partial charge in [-0.15, -0.1) is 0 Å². The summed E-state index contributed by atoms with van der Waals surface area (Å²) in [6, 6.07) is 1.72. The highest BCUT2D eigenvalue weighted by Gasteiger charge is 2.35. The molecule has 3 N–H and O–H groups in total. The molecule has 3 heterocycles. The zero-order valence-corrected chi connectivity index (χ0v) is 12.0. The van der Waals surface area contributed by atoms with Crippen molar-refractivity contribution in [2.75, 3.05) is 36.1 Å². The van der Waals surface area contributed by atoms with Crippen LogP contribution in [-0.4, -0.2) is 35.2 Å². The van der Waals surface area contributed by atoms with E-state index in [9.17, 15) is 13.2 Å². The van der Waals surface area contributed by atoms with Crippen LogP contribution in [-0.2, 0) is 6.18 Å². The second-order valence-electron chi connectivity index (χ2n) is 4.68. The third-order valence-electron chi connectivity index (χ3n) is 3.09. The van der Waals surface area contributed by atoms with E-state index in [1.54, 1.807) is 6.07 Å². The number of anilines is 4. The average molecular weight is 326 g/mol. The minimum absolute atomic E-state index is 0.0285. The zero-order valence-electron chi connectivity index (χ0n) is 12.0. The average Bonchev–Trinajstić information content (AvgIpc) is 2.53. The molecule has 0 aromatic carbocycles. The Balaban J connectivity index is 1.85. The van der Waals surface area contributed by atoms with Gasteiger partial charge >= 0.3 is 6.18 Å². The van der Waals surface area contributed by atoms with Gasteiger partial charge in [0.25, 0.3) is 0 Å². The summed E-state index contributed by atoms with van der Waals surface area (Å²) in [6.07, 6.45) is -2.30. The van der Waals surface area contributed by atoms with Gasteiger partial charge in [-0.25, -0.2) is 9.97 Å². The molecular formula is C13H13F3N6O. The molecule has 0 saturated carbocycles. The summed E-state index contributed by atoms with van der Waals surface area (Å²) in [6.45, 7) is 1.18. The first-order valence-corrected chi connectivity index (χ1v) is 6.73. The first-order valence-electron chi connectivity index (χ1n) is 6.73. The molecule has 2 aromatic rings. The van der Waals surface area contributed by atoms with Crippen LogP contribution in [0.3, 0.4) is 0 Å². The number of rotatable bonds is 3. The summed E-state index contributed by atoms with van der Waals surface area (Å²) < 4.78 is 43.8. The van der Waals surface area contributed by atoms with Gasteiger partial charge < -0.3 is 20.7 Å². The molecule has 23 heavy (non-hydrogen) atoms. The number of aromatic nitrogens is 3. The molecule has 0 spiro atoms. The Labute approximate surface area is 129 Å². The lowest BCUT2D eigenvalue weighted by molar-refractivity contribution is -0.137. The fourth-order valence-electron chi connectivity index (χ4n) is 2.06. The highest BCUT2D eigenvalue weighted by molar-refractivity contribution is 5.65. The Bertz CT molecular complexity index is 721. The van der Waals surface area contributed by atoms with Gasteiger partial charge in [0.2, 0.25) is 11.8 Å². The summed E-state index contributed by atoms with van der Waals surface area (Å²) in [4.78, 5) is 11.6. The Morgan fingerprint density at radius 2 is 2.09 bits per heavy atom. The first kappa shape index (κ1) is 15.1. The smallest absolute Gasteiger partial charge is 0.421 e. The Kier molecular flexibility index (Phi) is 3.80. The minimum Gasteiger partial charge on any atom is -0.474 e. The highest BCUT2D eigenvalue weighted by atomic mass is 19.4. The summed E-state index contributed by atoms with van der Waals surface area (Å²) in [5.41, 5.74) is 0.301. The predicted octanol–water partition coefficient (Wildman–Crippen LogP) is 2.48. The van der Waals surface area contributed by atoms with E-state index < -0.39 is 11.7 Å². The van der Waals surface area contributed by atoms with Gasteiger partial charge in [0.1, 0.15) is 18.0 Å². The summed E-state index contributed by atoms with van der Waals surface area (Å²) >= 11 is 0. The van der Waals surface area contributed by atoms with Gasteiger partial charge in [-0.05, 0) is 6.07 Å². The molecule has 10 heteroatoms. The Hall–Kier alpha value is -2.78. The van der Waals surface area contributed by atoms with Crippen LogP contribution in [0.2, 0.25) is 0 Å². The van der Waals surface area contributed by atoms with E-state index in [-0.39, 0.29) is 11.8 Å². The number of hydrogen-bond acceptors (Lipinski definition) is 7. The van der Waals surface area contributed by atoms with Crippen molar-refractivity contribution in [1.29, 1.82) is 0 Å². The van der Waals surface area contributed by atoms with Crippen molar-refractivity contribution >= 4 is 23.1 Å². The van der Waals surface area contributed by atoms with Crippen LogP contribution >= 0.6 is 0 Å². The lowest BCUT2D eigenvalue weighted by atomic mass is 10.3. The van der Waals surface area contributed by atoms with E-state index in [1.807, 2.05) is 0 Å². The van der Waals surface area contributed by atoms with Gasteiger partial charge in [-0.2, -0.15) is 18.2 Å². The summed E-state index contributed by atoms with van der Waals surface area (Å²) in [5.74, 6) is 0.203. The van der Waals surface area contributed by atoms with Gasteiger partial charge in [0.05, 0.1) is 17.6 Å².